The van der Waals surface area contributed by atoms with E-state index in [-0.39, 0.29) is 5.56 Å². The van der Waals surface area contributed by atoms with Crippen molar-refractivity contribution in [3.05, 3.63) is 39.9 Å². The molecule has 11 heavy (non-hydrogen) atoms. The van der Waals surface area contributed by atoms with Gasteiger partial charge in [-0.1, -0.05) is 12.1 Å². The van der Waals surface area contributed by atoms with Crippen molar-refractivity contribution >= 4 is 5.69 Å². The molecule has 0 amide bonds. The summed E-state index contributed by atoms with van der Waals surface area (Å²) in [7, 11) is 0. The molecule has 1 rings (SSSR count). The molecule has 0 unspecified atom stereocenters. The molecule has 0 aromatic heterocycles. The topological polar surface area (TPSA) is 63.4 Å². The third-order valence-electron chi connectivity index (χ3n) is 1.22. The molecule has 0 saturated heterocycles. The van der Waals surface area contributed by atoms with Gasteiger partial charge in [-0.2, -0.15) is 0 Å². The highest BCUT2D eigenvalue weighted by atomic mass is 16.6. The van der Waals surface area contributed by atoms with Crippen LogP contribution in [0.5, 0.6) is 0 Å². The number of aliphatic hydroxyl groups is 1. The molecule has 0 aliphatic heterocycles. The highest BCUT2D eigenvalue weighted by molar-refractivity contribution is 5.38. The lowest BCUT2D eigenvalue weighted by Crippen LogP contribution is -1.93. The van der Waals surface area contributed by atoms with Crippen LogP contribution >= 0.6 is 0 Å². The maximum absolute atomic E-state index is 10.4. The van der Waals surface area contributed by atoms with Crippen molar-refractivity contribution in [1.29, 1.82) is 0 Å². The van der Waals surface area contributed by atoms with Crippen LogP contribution in [0.4, 0.5) is 5.69 Å². The van der Waals surface area contributed by atoms with E-state index in [0.717, 1.165) is 6.07 Å². The number of nitrogens with zero attached hydrogens (tertiary/aromatic N) is 1. The second-order valence-electron chi connectivity index (χ2n) is 1.89. The lowest BCUT2D eigenvalue weighted by molar-refractivity contribution is -0.385. The van der Waals surface area contributed by atoms with Crippen molar-refractivity contribution in [3.63, 3.8) is 0 Å². The third kappa shape index (κ3) is 1.53. The number of rotatable bonds is 2. The monoisotopic (exact) mass is 155 g/mol. The minimum atomic E-state index is -2.68. The Balaban J connectivity index is 3.28. The number of hydrogen-bond donors (Lipinski definition) is 1. The number of nitro groups is 1. The summed E-state index contributed by atoms with van der Waals surface area (Å²) < 4.78 is 13.8. The number of hydrogen-bond acceptors (Lipinski definition) is 3. The second-order valence-corrected chi connectivity index (χ2v) is 1.89. The molecule has 0 heterocycles. The molecule has 58 valence electrons. The largest absolute Gasteiger partial charge is 0.391 e. The van der Waals surface area contributed by atoms with Gasteiger partial charge in [0.2, 0.25) is 0 Å². The average Bonchev–Trinajstić information content (AvgIpc) is 2.03. The van der Waals surface area contributed by atoms with Crippen LogP contribution in [0.15, 0.2) is 24.3 Å². The summed E-state index contributed by atoms with van der Waals surface area (Å²) in [6, 6.07) is 5.16. The minimum Gasteiger partial charge on any atom is -0.391 e. The van der Waals surface area contributed by atoms with E-state index in [9.17, 15) is 10.1 Å². The quantitative estimate of drug-likeness (QED) is 0.513. The van der Waals surface area contributed by atoms with Crippen LogP contribution in [-0.2, 0) is 6.56 Å². The van der Waals surface area contributed by atoms with Crippen molar-refractivity contribution in [3.8, 4) is 0 Å². The maximum Gasteiger partial charge on any atom is 0.274 e. The summed E-state index contributed by atoms with van der Waals surface area (Å²) in [5.41, 5.74) is -0.755. The van der Waals surface area contributed by atoms with Crippen LogP contribution in [0.25, 0.3) is 0 Å². The average molecular weight is 155 g/mol. The molecule has 0 radical (unpaired) electrons. The summed E-state index contributed by atoms with van der Waals surface area (Å²) in [6.07, 6.45) is 0. The molecule has 0 bridgehead atoms. The van der Waals surface area contributed by atoms with Crippen LogP contribution in [0, 0.1) is 10.1 Å². The third-order valence-corrected chi connectivity index (χ3v) is 1.22. The zero-order chi connectivity index (χ0) is 10.1. The predicted molar refractivity (Wildman–Crippen MR) is 39.0 cm³/mol. The number of nitro benzene ring substituents is 1. The zero-order valence-corrected chi connectivity index (χ0v) is 5.52. The zero-order valence-electron chi connectivity index (χ0n) is 7.52. The van der Waals surface area contributed by atoms with E-state index < -0.39 is 17.2 Å². The Morgan fingerprint density at radius 1 is 1.64 bits per heavy atom. The molecule has 1 aromatic rings. The van der Waals surface area contributed by atoms with Gasteiger partial charge in [0.05, 0.1) is 19.8 Å². The van der Waals surface area contributed by atoms with Crippen LogP contribution in [0.2, 0.25) is 0 Å². The first-order chi connectivity index (χ1) is 5.93. The van der Waals surface area contributed by atoms with Gasteiger partial charge < -0.3 is 5.11 Å². The predicted octanol–water partition coefficient (Wildman–Crippen LogP) is 1.09. The van der Waals surface area contributed by atoms with Crippen LogP contribution < -0.4 is 0 Å². The smallest absolute Gasteiger partial charge is 0.274 e. The fraction of sp³-hybridized carbons (Fsp3) is 0.143. The van der Waals surface area contributed by atoms with E-state index in [4.69, 9.17) is 7.85 Å². The fourth-order valence-electron chi connectivity index (χ4n) is 0.727. The summed E-state index contributed by atoms with van der Waals surface area (Å²) in [6.45, 7) is -2.68. The molecular weight excluding hydrogens is 146 g/mol. The van der Waals surface area contributed by atoms with Gasteiger partial charge >= 0.3 is 0 Å². The van der Waals surface area contributed by atoms with Crippen molar-refractivity contribution in [2.75, 3.05) is 0 Å². The van der Waals surface area contributed by atoms with Gasteiger partial charge in [-0.25, -0.2) is 0 Å². The normalized spacial score (nSPS) is 13.5. The maximum atomic E-state index is 10.4. The van der Waals surface area contributed by atoms with Crippen LogP contribution in [0.3, 0.4) is 0 Å². The Hall–Kier alpha value is -1.42. The van der Waals surface area contributed by atoms with Gasteiger partial charge in [0.1, 0.15) is 0 Å². The highest BCUT2D eigenvalue weighted by Crippen LogP contribution is 2.16. The molecule has 0 fully saturated rings. The highest BCUT2D eigenvalue weighted by Gasteiger charge is 2.09. The molecule has 4 nitrogen and oxygen atoms in total. The molecule has 0 aliphatic rings. The van der Waals surface area contributed by atoms with Crippen molar-refractivity contribution in [1.82, 2.24) is 0 Å². The van der Waals surface area contributed by atoms with E-state index >= 15 is 0 Å². The first kappa shape index (κ1) is 5.26. The molecule has 0 aliphatic carbocycles. The number of para-hydroxylation sites is 1. The molecule has 1 aromatic carbocycles. The van der Waals surface area contributed by atoms with E-state index in [1.165, 1.54) is 18.2 Å². The lowest BCUT2D eigenvalue weighted by atomic mass is 10.2. The van der Waals surface area contributed by atoms with E-state index in [1.54, 1.807) is 0 Å². The number of benzene rings is 1. The summed E-state index contributed by atoms with van der Waals surface area (Å²) in [5, 5.41) is 19.3. The van der Waals surface area contributed by atoms with Gasteiger partial charge in [-0.3, -0.25) is 10.1 Å². The van der Waals surface area contributed by atoms with Gasteiger partial charge in [-0.15, -0.1) is 0 Å². The first-order valence-corrected chi connectivity index (χ1v) is 2.89. The van der Waals surface area contributed by atoms with Gasteiger partial charge in [0, 0.05) is 6.07 Å². The molecular formula is C7H7NO3. The Morgan fingerprint density at radius 3 is 2.73 bits per heavy atom. The Labute approximate surface area is 66.1 Å². The van der Waals surface area contributed by atoms with Gasteiger partial charge in [0.15, 0.2) is 0 Å². The standard InChI is InChI=1S/C7H7NO3/c9-5-6-3-1-2-4-7(6)8(10)11/h1-4,9H,5H2/i5D2. The minimum absolute atomic E-state index is 0.333. The Morgan fingerprint density at radius 2 is 2.27 bits per heavy atom. The second kappa shape index (κ2) is 3.12. The van der Waals surface area contributed by atoms with Crippen LogP contribution in [0.1, 0.15) is 8.30 Å². The Bertz CT molecular complexity index is 335. The molecule has 0 spiro atoms. The first-order valence-electron chi connectivity index (χ1n) is 3.89. The van der Waals surface area contributed by atoms with Gasteiger partial charge in [0.25, 0.3) is 5.69 Å². The fourth-order valence-corrected chi connectivity index (χ4v) is 0.727. The lowest BCUT2D eigenvalue weighted by Gasteiger charge is -1.96. The SMILES string of the molecule is [2H]C([2H])(O)c1ccccc1[N+](=O)[O-]. The van der Waals surface area contributed by atoms with Crippen molar-refractivity contribution in [2.45, 2.75) is 6.56 Å². The Kier molecular flexibility index (Phi) is 1.49. The van der Waals surface area contributed by atoms with E-state index in [0.29, 0.717) is 0 Å². The molecule has 0 atom stereocenters. The summed E-state index contributed by atoms with van der Waals surface area (Å²) in [4.78, 5) is 9.66. The van der Waals surface area contributed by atoms with E-state index in [2.05, 4.69) is 0 Å². The van der Waals surface area contributed by atoms with E-state index in [1.807, 2.05) is 0 Å². The van der Waals surface area contributed by atoms with Crippen LogP contribution in [-0.4, -0.2) is 10.0 Å². The summed E-state index contributed by atoms with van der Waals surface area (Å²) in [5.74, 6) is 0. The molecule has 0 saturated carbocycles. The van der Waals surface area contributed by atoms with Crippen molar-refractivity contribution in [2.24, 2.45) is 0 Å². The molecule has 4 heteroatoms. The summed E-state index contributed by atoms with van der Waals surface area (Å²) >= 11 is 0. The van der Waals surface area contributed by atoms with Gasteiger partial charge in [-0.05, 0) is 6.07 Å². The molecule has 1 N–H and O–H groups in total. The van der Waals surface area contributed by atoms with Crippen molar-refractivity contribution < 1.29 is 12.8 Å².